The number of halogens is 3. The van der Waals surface area contributed by atoms with E-state index in [0.29, 0.717) is 30.4 Å². The summed E-state index contributed by atoms with van der Waals surface area (Å²) < 4.78 is 38.2. The molecule has 2 heterocycles. The van der Waals surface area contributed by atoms with E-state index in [1.807, 2.05) is 0 Å². The lowest BCUT2D eigenvalue weighted by molar-refractivity contribution is -0.137. The number of hydrogen-bond acceptors (Lipinski definition) is 5. The Morgan fingerprint density at radius 2 is 1.97 bits per heavy atom. The van der Waals surface area contributed by atoms with Crippen molar-refractivity contribution in [1.29, 1.82) is 0 Å². The van der Waals surface area contributed by atoms with Gasteiger partial charge >= 0.3 is 6.18 Å². The molecule has 1 aromatic heterocycles. The fourth-order valence-corrected chi connectivity index (χ4v) is 3.27. The Bertz CT molecular complexity index is 854. The van der Waals surface area contributed by atoms with Gasteiger partial charge in [0.05, 0.1) is 5.56 Å². The van der Waals surface area contributed by atoms with Gasteiger partial charge in [-0.2, -0.15) is 13.2 Å². The smallest absolute Gasteiger partial charge is 0.353 e. The summed E-state index contributed by atoms with van der Waals surface area (Å²) in [7, 11) is 0. The monoisotopic (exact) mass is 405 g/mol. The highest BCUT2D eigenvalue weighted by molar-refractivity contribution is 5.86. The highest BCUT2D eigenvalue weighted by Gasteiger charge is 2.30. The molecule has 9 heteroatoms. The van der Waals surface area contributed by atoms with Gasteiger partial charge in [0.15, 0.2) is 11.6 Å². The van der Waals surface area contributed by atoms with Gasteiger partial charge in [0, 0.05) is 37.7 Å². The third-order valence-electron chi connectivity index (χ3n) is 4.72. The number of amides is 1. The molecule has 1 unspecified atom stereocenters. The molecule has 0 aliphatic carbocycles. The van der Waals surface area contributed by atoms with Crippen LogP contribution in [0.15, 0.2) is 49.3 Å². The highest BCUT2D eigenvalue weighted by atomic mass is 19.4. The molecule has 1 aliphatic rings. The second-order valence-electron chi connectivity index (χ2n) is 6.83. The zero-order valence-electron chi connectivity index (χ0n) is 15.7. The summed E-state index contributed by atoms with van der Waals surface area (Å²) in [6.45, 7) is 5.47. The standard InChI is InChI=1S/C20H22F3N5O/c1-2-17(29)26-12-14-4-3-11-28(13-14)19-18(24-9-10-25-19)27-16-7-5-15(6-8-16)20(21,22)23/h2,5-10,14H,1,3-4,11-13H2,(H,24,27)(H,26,29). The number of nitrogens with one attached hydrogen (secondary N) is 2. The largest absolute Gasteiger partial charge is 0.416 e. The number of benzene rings is 1. The van der Waals surface area contributed by atoms with Crippen molar-refractivity contribution in [3.05, 3.63) is 54.9 Å². The van der Waals surface area contributed by atoms with Crippen molar-refractivity contribution in [2.24, 2.45) is 5.92 Å². The number of hydrogen-bond donors (Lipinski definition) is 2. The van der Waals surface area contributed by atoms with Gasteiger partial charge in [0.1, 0.15) is 0 Å². The first-order chi connectivity index (χ1) is 13.9. The Kier molecular flexibility index (Phi) is 6.36. The second kappa shape index (κ2) is 8.93. The summed E-state index contributed by atoms with van der Waals surface area (Å²) >= 11 is 0. The number of rotatable bonds is 6. The van der Waals surface area contributed by atoms with Gasteiger partial charge in [-0.05, 0) is 49.1 Å². The molecular formula is C20H22F3N5O. The van der Waals surface area contributed by atoms with Crippen LogP contribution in [0.2, 0.25) is 0 Å². The number of aromatic nitrogens is 2. The zero-order chi connectivity index (χ0) is 20.9. The molecule has 0 spiro atoms. The van der Waals surface area contributed by atoms with Gasteiger partial charge in [-0.3, -0.25) is 4.79 Å². The molecule has 2 aromatic rings. The molecule has 0 saturated carbocycles. The Labute approximate surface area is 166 Å². The van der Waals surface area contributed by atoms with Gasteiger partial charge in [-0.25, -0.2) is 9.97 Å². The quantitative estimate of drug-likeness (QED) is 0.717. The number of nitrogens with zero attached hydrogens (tertiary/aromatic N) is 3. The Morgan fingerprint density at radius 3 is 2.66 bits per heavy atom. The molecule has 3 rings (SSSR count). The van der Waals surface area contributed by atoms with Crippen molar-refractivity contribution in [2.75, 3.05) is 29.9 Å². The van der Waals surface area contributed by atoms with Gasteiger partial charge < -0.3 is 15.5 Å². The van der Waals surface area contributed by atoms with Gasteiger partial charge in [0.2, 0.25) is 5.91 Å². The fraction of sp³-hybridized carbons (Fsp3) is 0.350. The SMILES string of the molecule is C=CC(=O)NCC1CCCN(c2nccnc2Nc2ccc(C(F)(F)F)cc2)C1. The van der Waals surface area contributed by atoms with Crippen LogP contribution in [0.1, 0.15) is 18.4 Å². The molecule has 1 aromatic carbocycles. The third-order valence-corrected chi connectivity index (χ3v) is 4.72. The van der Waals surface area contributed by atoms with E-state index in [0.717, 1.165) is 31.5 Å². The van der Waals surface area contributed by atoms with Gasteiger partial charge in [-0.1, -0.05) is 6.58 Å². The van der Waals surface area contributed by atoms with Gasteiger partial charge in [0.25, 0.3) is 0 Å². The van der Waals surface area contributed by atoms with Crippen molar-refractivity contribution in [3.63, 3.8) is 0 Å². The van der Waals surface area contributed by atoms with Crippen molar-refractivity contribution >= 4 is 23.2 Å². The zero-order valence-corrected chi connectivity index (χ0v) is 15.7. The average molecular weight is 405 g/mol. The molecule has 2 N–H and O–H groups in total. The molecule has 1 aliphatic heterocycles. The first-order valence-electron chi connectivity index (χ1n) is 9.27. The first kappa shape index (κ1) is 20.6. The van der Waals surface area contributed by atoms with E-state index >= 15 is 0 Å². The van der Waals surface area contributed by atoms with E-state index in [2.05, 4.69) is 32.1 Å². The summed E-state index contributed by atoms with van der Waals surface area (Å²) in [4.78, 5) is 22.2. The maximum atomic E-state index is 12.7. The van der Waals surface area contributed by atoms with E-state index in [9.17, 15) is 18.0 Å². The molecule has 154 valence electrons. The molecule has 1 amide bonds. The van der Waals surface area contributed by atoms with Crippen LogP contribution in [0, 0.1) is 5.92 Å². The van der Waals surface area contributed by atoms with Crippen LogP contribution in [0.25, 0.3) is 0 Å². The molecular weight excluding hydrogens is 383 g/mol. The van der Waals surface area contributed by atoms with Crippen LogP contribution in [0.3, 0.4) is 0 Å². The molecule has 1 fully saturated rings. The summed E-state index contributed by atoms with van der Waals surface area (Å²) in [5.41, 5.74) is -0.214. The van der Waals surface area contributed by atoms with Crippen molar-refractivity contribution in [3.8, 4) is 0 Å². The predicted molar refractivity (Wildman–Crippen MR) is 105 cm³/mol. The molecule has 29 heavy (non-hydrogen) atoms. The van der Waals surface area contributed by atoms with Crippen LogP contribution in [-0.4, -0.2) is 35.5 Å². The van der Waals surface area contributed by atoms with Crippen LogP contribution in [0.5, 0.6) is 0 Å². The van der Waals surface area contributed by atoms with E-state index < -0.39 is 11.7 Å². The molecule has 0 radical (unpaired) electrons. The lowest BCUT2D eigenvalue weighted by Crippen LogP contribution is -2.41. The average Bonchev–Trinajstić information content (AvgIpc) is 2.72. The number of anilines is 3. The maximum Gasteiger partial charge on any atom is 0.416 e. The first-order valence-corrected chi connectivity index (χ1v) is 9.27. The third kappa shape index (κ3) is 5.46. The number of carbonyl (C=O) groups excluding carboxylic acids is 1. The minimum atomic E-state index is -4.37. The Morgan fingerprint density at radius 1 is 1.24 bits per heavy atom. The normalized spacial score (nSPS) is 16.9. The highest BCUT2D eigenvalue weighted by Crippen LogP contribution is 2.32. The Balaban J connectivity index is 1.71. The topological polar surface area (TPSA) is 70.2 Å². The predicted octanol–water partition coefficient (Wildman–Crippen LogP) is 3.76. The summed E-state index contributed by atoms with van der Waals surface area (Å²) in [6.07, 6.45) is 1.90. The molecule has 0 bridgehead atoms. The summed E-state index contributed by atoms with van der Waals surface area (Å²) in [5.74, 6) is 1.16. The lowest BCUT2D eigenvalue weighted by Gasteiger charge is -2.34. The van der Waals surface area contributed by atoms with E-state index in [1.54, 1.807) is 6.20 Å². The van der Waals surface area contributed by atoms with Crippen LogP contribution >= 0.6 is 0 Å². The number of piperidine rings is 1. The number of alkyl halides is 3. The fourth-order valence-electron chi connectivity index (χ4n) is 3.27. The van der Waals surface area contributed by atoms with E-state index in [4.69, 9.17) is 0 Å². The minimum absolute atomic E-state index is 0.203. The second-order valence-corrected chi connectivity index (χ2v) is 6.83. The van der Waals surface area contributed by atoms with Crippen molar-refractivity contribution in [1.82, 2.24) is 15.3 Å². The molecule has 1 saturated heterocycles. The molecule has 1 atom stereocenters. The van der Waals surface area contributed by atoms with Crippen molar-refractivity contribution in [2.45, 2.75) is 19.0 Å². The molecule has 6 nitrogen and oxygen atoms in total. The van der Waals surface area contributed by atoms with E-state index in [1.165, 1.54) is 24.4 Å². The van der Waals surface area contributed by atoms with Crippen LogP contribution in [-0.2, 0) is 11.0 Å². The Hall–Kier alpha value is -3.10. The minimum Gasteiger partial charge on any atom is -0.353 e. The summed E-state index contributed by atoms with van der Waals surface area (Å²) in [5, 5.41) is 5.88. The number of carbonyl (C=O) groups is 1. The van der Waals surface area contributed by atoms with Crippen LogP contribution in [0.4, 0.5) is 30.5 Å². The maximum absolute atomic E-state index is 12.7. The van der Waals surface area contributed by atoms with Gasteiger partial charge in [-0.15, -0.1) is 0 Å². The van der Waals surface area contributed by atoms with Crippen LogP contribution < -0.4 is 15.5 Å². The van der Waals surface area contributed by atoms with E-state index in [-0.39, 0.29) is 11.8 Å². The lowest BCUT2D eigenvalue weighted by atomic mass is 9.98. The summed E-state index contributed by atoms with van der Waals surface area (Å²) in [6, 6.07) is 4.78. The van der Waals surface area contributed by atoms with Crippen molar-refractivity contribution < 1.29 is 18.0 Å².